The van der Waals surface area contributed by atoms with Crippen molar-refractivity contribution in [1.82, 2.24) is 9.88 Å². The van der Waals surface area contributed by atoms with Crippen LogP contribution in [0.15, 0.2) is 83.3 Å². The molecule has 0 saturated carbocycles. The highest BCUT2D eigenvalue weighted by Crippen LogP contribution is 2.26. The van der Waals surface area contributed by atoms with Crippen LogP contribution in [0, 0.1) is 6.92 Å². The number of amides is 1. The van der Waals surface area contributed by atoms with Gasteiger partial charge in [-0.1, -0.05) is 30.3 Å². The Morgan fingerprint density at radius 2 is 1.58 bits per heavy atom. The second-order valence-electron chi connectivity index (χ2n) is 8.49. The molecule has 1 N–H and O–H groups in total. The van der Waals surface area contributed by atoms with Crippen LogP contribution in [0.4, 0.5) is 4.79 Å². The zero-order chi connectivity index (χ0) is 27.1. The fourth-order valence-corrected chi connectivity index (χ4v) is 3.75. The van der Waals surface area contributed by atoms with Gasteiger partial charge in [0.25, 0.3) is 0 Å². The van der Waals surface area contributed by atoms with Crippen molar-refractivity contribution in [2.24, 2.45) is 0 Å². The largest absolute Gasteiger partial charge is 0.497 e. The van der Waals surface area contributed by atoms with Gasteiger partial charge in [0, 0.05) is 5.56 Å². The van der Waals surface area contributed by atoms with Crippen molar-refractivity contribution >= 4 is 12.1 Å². The van der Waals surface area contributed by atoms with Crippen LogP contribution < -0.4 is 14.2 Å². The van der Waals surface area contributed by atoms with Crippen molar-refractivity contribution in [3.8, 4) is 28.7 Å². The highest BCUT2D eigenvalue weighted by Gasteiger charge is 2.26. The Morgan fingerprint density at radius 1 is 0.947 bits per heavy atom. The topological polar surface area (TPSA) is 111 Å². The molecule has 4 aromatic rings. The normalized spacial score (nSPS) is 11.4. The van der Waals surface area contributed by atoms with Crippen molar-refractivity contribution in [3.63, 3.8) is 0 Å². The molecule has 1 heterocycles. The number of aromatic nitrogens is 1. The SMILES string of the molecule is COc1ccc(OC(=O)N(CC(=O)O)[C@H](C)c2ccc(OCc3nc(-c4ccccc4)oc3C)cc2)cc1. The number of ether oxygens (including phenoxy) is 3. The number of aryl methyl sites for hydroxylation is 1. The molecule has 0 unspecified atom stereocenters. The van der Waals surface area contributed by atoms with Gasteiger partial charge >= 0.3 is 12.1 Å². The number of rotatable bonds is 10. The van der Waals surface area contributed by atoms with Crippen LogP contribution in [-0.2, 0) is 11.4 Å². The molecule has 0 aliphatic heterocycles. The molecule has 1 amide bonds. The maximum atomic E-state index is 12.8. The van der Waals surface area contributed by atoms with E-state index in [0.717, 1.165) is 10.5 Å². The van der Waals surface area contributed by atoms with Crippen molar-refractivity contribution < 1.29 is 33.3 Å². The van der Waals surface area contributed by atoms with E-state index in [0.29, 0.717) is 34.4 Å². The van der Waals surface area contributed by atoms with Gasteiger partial charge in [0.2, 0.25) is 5.89 Å². The average Bonchev–Trinajstić information content (AvgIpc) is 3.31. The fourth-order valence-electron chi connectivity index (χ4n) is 3.75. The molecule has 1 atom stereocenters. The minimum absolute atomic E-state index is 0.219. The standard InChI is InChI=1S/C29H28N2O7/c1-19(31(17-27(32)33)29(34)38-25-15-13-23(35-3)14-16-25)21-9-11-24(12-10-21)36-18-26-20(2)37-28(30-26)22-7-5-4-6-8-22/h4-16,19H,17-18H2,1-3H3,(H,32,33)/t19-/m1/s1. The molecule has 1 aromatic heterocycles. The Balaban J connectivity index is 1.41. The summed E-state index contributed by atoms with van der Waals surface area (Å²) in [6, 6.07) is 22.6. The third kappa shape index (κ3) is 6.50. The first-order valence-corrected chi connectivity index (χ1v) is 11.9. The van der Waals surface area contributed by atoms with Gasteiger partial charge in [0.1, 0.15) is 41.9 Å². The zero-order valence-electron chi connectivity index (χ0n) is 21.3. The van der Waals surface area contributed by atoms with Gasteiger partial charge in [0.05, 0.1) is 13.2 Å². The number of nitrogens with zero attached hydrogens (tertiary/aromatic N) is 2. The Morgan fingerprint density at radius 3 is 2.21 bits per heavy atom. The summed E-state index contributed by atoms with van der Waals surface area (Å²) in [6.45, 7) is 3.27. The van der Waals surface area contributed by atoms with Crippen LogP contribution in [0.25, 0.3) is 11.5 Å². The molecule has 0 spiro atoms. The van der Waals surface area contributed by atoms with Crippen LogP contribution in [0.5, 0.6) is 17.2 Å². The van der Waals surface area contributed by atoms with E-state index in [2.05, 4.69) is 4.98 Å². The molecule has 0 aliphatic rings. The summed E-state index contributed by atoms with van der Waals surface area (Å²) in [7, 11) is 1.53. The summed E-state index contributed by atoms with van der Waals surface area (Å²) >= 11 is 0. The molecule has 38 heavy (non-hydrogen) atoms. The average molecular weight is 517 g/mol. The number of carbonyl (C=O) groups is 2. The molecule has 0 radical (unpaired) electrons. The van der Waals surface area contributed by atoms with Crippen molar-refractivity contribution in [3.05, 3.63) is 95.9 Å². The number of hydrogen-bond acceptors (Lipinski definition) is 7. The molecule has 0 saturated heterocycles. The van der Waals surface area contributed by atoms with E-state index in [4.69, 9.17) is 18.6 Å². The highest BCUT2D eigenvalue weighted by molar-refractivity contribution is 5.78. The number of benzene rings is 3. The lowest BCUT2D eigenvalue weighted by Gasteiger charge is -2.27. The van der Waals surface area contributed by atoms with Crippen molar-refractivity contribution in [1.29, 1.82) is 0 Å². The molecule has 0 bridgehead atoms. The summed E-state index contributed by atoms with van der Waals surface area (Å²) < 4.78 is 22.2. The molecule has 3 aromatic carbocycles. The number of methoxy groups -OCH3 is 1. The number of oxazole rings is 1. The molecular formula is C29H28N2O7. The first-order chi connectivity index (χ1) is 18.3. The Hall–Kier alpha value is -4.79. The van der Waals surface area contributed by atoms with E-state index in [-0.39, 0.29) is 12.4 Å². The van der Waals surface area contributed by atoms with Gasteiger partial charge < -0.3 is 23.7 Å². The molecule has 9 heteroatoms. The minimum atomic E-state index is -1.15. The lowest BCUT2D eigenvalue weighted by Crippen LogP contribution is -2.39. The van der Waals surface area contributed by atoms with E-state index in [1.807, 2.05) is 37.3 Å². The van der Waals surface area contributed by atoms with Crippen LogP contribution in [0.1, 0.15) is 30.0 Å². The number of carbonyl (C=O) groups excluding carboxylic acids is 1. The minimum Gasteiger partial charge on any atom is -0.497 e. The van der Waals surface area contributed by atoms with Gasteiger partial charge in [-0.2, -0.15) is 0 Å². The Bertz CT molecular complexity index is 1370. The summed E-state index contributed by atoms with van der Waals surface area (Å²) in [5, 5.41) is 9.38. The zero-order valence-corrected chi connectivity index (χ0v) is 21.3. The molecule has 9 nitrogen and oxygen atoms in total. The third-order valence-corrected chi connectivity index (χ3v) is 5.92. The third-order valence-electron chi connectivity index (χ3n) is 5.92. The van der Waals surface area contributed by atoms with Crippen molar-refractivity contribution in [2.75, 3.05) is 13.7 Å². The maximum absolute atomic E-state index is 12.8. The number of hydrogen-bond donors (Lipinski definition) is 1. The second-order valence-corrected chi connectivity index (χ2v) is 8.49. The Labute approximate surface area is 220 Å². The van der Waals surface area contributed by atoms with Gasteiger partial charge in [-0.05, 0) is 67.9 Å². The Kier molecular flexibility index (Phi) is 8.27. The van der Waals surface area contributed by atoms with Crippen LogP contribution >= 0.6 is 0 Å². The molecule has 0 fully saturated rings. The van der Waals surface area contributed by atoms with Gasteiger partial charge in [-0.25, -0.2) is 9.78 Å². The van der Waals surface area contributed by atoms with Crippen molar-refractivity contribution in [2.45, 2.75) is 26.5 Å². The summed E-state index contributed by atoms with van der Waals surface area (Å²) in [4.78, 5) is 30.0. The van der Waals surface area contributed by atoms with E-state index in [1.165, 1.54) is 7.11 Å². The van der Waals surface area contributed by atoms with Gasteiger partial charge in [-0.15, -0.1) is 0 Å². The molecule has 196 valence electrons. The second kappa shape index (κ2) is 12.0. The van der Waals surface area contributed by atoms with Crippen LogP contribution in [0.3, 0.4) is 0 Å². The van der Waals surface area contributed by atoms with E-state index in [1.54, 1.807) is 55.5 Å². The smallest absolute Gasteiger partial charge is 0.416 e. The molecule has 4 rings (SSSR count). The van der Waals surface area contributed by atoms with Crippen LogP contribution in [-0.4, -0.2) is 40.7 Å². The van der Waals surface area contributed by atoms with E-state index < -0.39 is 24.6 Å². The number of carboxylic acid groups (broad SMARTS) is 1. The predicted octanol–water partition coefficient (Wildman–Crippen LogP) is 5.88. The summed E-state index contributed by atoms with van der Waals surface area (Å²) in [5.41, 5.74) is 2.29. The highest BCUT2D eigenvalue weighted by atomic mass is 16.6. The molecular weight excluding hydrogens is 488 g/mol. The van der Waals surface area contributed by atoms with Gasteiger partial charge in [-0.3, -0.25) is 9.69 Å². The lowest BCUT2D eigenvalue weighted by molar-refractivity contribution is -0.138. The number of carboxylic acids is 1. The predicted molar refractivity (Wildman–Crippen MR) is 139 cm³/mol. The number of aliphatic carboxylic acids is 1. The monoisotopic (exact) mass is 516 g/mol. The molecule has 0 aliphatic carbocycles. The summed E-state index contributed by atoms with van der Waals surface area (Å²) in [6.07, 6.45) is -0.777. The van der Waals surface area contributed by atoms with E-state index >= 15 is 0 Å². The summed E-state index contributed by atoms with van der Waals surface area (Å²) in [5.74, 6) is 1.54. The van der Waals surface area contributed by atoms with Crippen LogP contribution in [0.2, 0.25) is 0 Å². The fraction of sp³-hybridized carbons (Fsp3) is 0.207. The van der Waals surface area contributed by atoms with Gasteiger partial charge in [0.15, 0.2) is 0 Å². The first-order valence-electron chi connectivity index (χ1n) is 11.9. The maximum Gasteiger partial charge on any atom is 0.416 e. The first kappa shape index (κ1) is 26.3. The van der Waals surface area contributed by atoms with E-state index in [9.17, 15) is 14.7 Å². The lowest BCUT2D eigenvalue weighted by atomic mass is 10.1. The quantitative estimate of drug-likeness (QED) is 0.278.